The molecule has 3 nitrogen and oxygen atoms in total. The number of aromatic nitrogens is 2. The summed E-state index contributed by atoms with van der Waals surface area (Å²) in [5.41, 5.74) is 0.366. The molecular weight excluding hydrogens is 234 g/mol. The molecule has 0 fully saturated rings. The Labute approximate surface area is 118 Å². The average Bonchev–Trinajstić information content (AvgIpc) is 2.38. The van der Waals surface area contributed by atoms with Gasteiger partial charge >= 0.3 is 0 Å². The third-order valence-electron chi connectivity index (χ3n) is 3.24. The van der Waals surface area contributed by atoms with Crippen molar-refractivity contribution in [3.8, 4) is 0 Å². The van der Waals surface area contributed by atoms with Crippen molar-refractivity contribution in [2.75, 3.05) is 18.0 Å². The Morgan fingerprint density at radius 3 is 2.47 bits per heavy atom. The monoisotopic (exact) mass is 263 g/mol. The minimum absolute atomic E-state index is 0.366. The van der Waals surface area contributed by atoms with E-state index < -0.39 is 0 Å². The van der Waals surface area contributed by atoms with Crippen LogP contribution in [-0.4, -0.2) is 23.1 Å². The molecule has 0 bridgehead atoms. The molecule has 0 aromatic carbocycles. The van der Waals surface area contributed by atoms with Gasteiger partial charge in [-0.1, -0.05) is 41.0 Å². The van der Waals surface area contributed by atoms with E-state index in [0.717, 1.165) is 31.2 Å². The van der Waals surface area contributed by atoms with Crippen LogP contribution in [0.2, 0.25) is 0 Å². The van der Waals surface area contributed by atoms with E-state index in [0.29, 0.717) is 5.41 Å². The fourth-order valence-electron chi connectivity index (χ4n) is 1.90. The van der Waals surface area contributed by atoms with Gasteiger partial charge in [0.05, 0.1) is 0 Å². The van der Waals surface area contributed by atoms with Crippen LogP contribution in [0.15, 0.2) is 12.3 Å². The van der Waals surface area contributed by atoms with E-state index in [-0.39, 0.29) is 0 Å². The van der Waals surface area contributed by atoms with Crippen LogP contribution in [0, 0.1) is 5.41 Å². The highest BCUT2D eigenvalue weighted by atomic mass is 15.2. The van der Waals surface area contributed by atoms with E-state index in [1.165, 1.54) is 19.3 Å². The maximum absolute atomic E-state index is 4.66. The van der Waals surface area contributed by atoms with E-state index in [1.807, 2.05) is 12.3 Å². The number of hydrogen-bond donors (Lipinski definition) is 0. The minimum Gasteiger partial charge on any atom is -0.356 e. The molecule has 0 atom stereocenters. The van der Waals surface area contributed by atoms with Gasteiger partial charge < -0.3 is 4.90 Å². The molecule has 0 N–H and O–H groups in total. The van der Waals surface area contributed by atoms with Crippen molar-refractivity contribution in [1.29, 1.82) is 0 Å². The summed E-state index contributed by atoms with van der Waals surface area (Å²) in [6, 6.07) is 2.04. The Bertz CT molecular complexity index is 369. The van der Waals surface area contributed by atoms with Gasteiger partial charge in [-0.3, -0.25) is 0 Å². The molecule has 1 aromatic heterocycles. The molecule has 1 aromatic rings. The van der Waals surface area contributed by atoms with Crippen molar-refractivity contribution in [3.05, 3.63) is 18.1 Å². The molecular formula is C16H29N3. The summed E-state index contributed by atoms with van der Waals surface area (Å²) in [7, 11) is 0. The number of anilines is 1. The van der Waals surface area contributed by atoms with Crippen LogP contribution in [0.3, 0.4) is 0 Å². The lowest BCUT2D eigenvalue weighted by Crippen LogP contribution is -2.29. The van der Waals surface area contributed by atoms with Crippen molar-refractivity contribution >= 4 is 5.82 Å². The molecule has 108 valence electrons. The maximum atomic E-state index is 4.66. The number of hydrogen-bond acceptors (Lipinski definition) is 3. The van der Waals surface area contributed by atoms with E-state index in [9.17, 15) is 0 Å². The second-order valence-corrected chi connectivity index (χ2v) is 6.34. The van der Waals surface area contributed by atoms with E-state index in [1.54, 1.807) is 0 Å². The van der Waals surface area contributed by atoms with Crippen molar-refractivity contribution in [2.45, 2.75) is 60.3 Å². The van der Waals surface area contributed by atoms with Crippen LogP contribution >= 0.6 is 0 Å². The summed E-state index contributed by atoms with van der Waals surface area (Å²) in [4.78, 5) is 11.4. The lowest BCUT2D eigenvalue weighted by Gasteiger charge is -2.28. The smallest absolute Gasteiger partial charge is 0.132 e. The lowest BCUT2D eigenvalue weighted by atomic mass is 9.92. The molecule has 0 saturated carbocycles. The zero-order chi connectivity index (χ0) is 14.3. The number of aryl methyl sites for hydroxylation is 1. The second-order valence-electron chi connectivity index (χ2n) is 6.34. The SMILES string of the molecule is CCCCN(CCC(C)(C)C)c1ccnc(CC)n1. The van der Waals surface area contributed by atoms with E-state index >= 15 is 0 Å². The lowest BCUT2D eigenvalue weighted by molar-refractivity contribution is 0.377. The van der Waals surface area contributed by atoms with Crippen LogP contribution < -0.4 is 4.90 Å². The number of unbranched alkanes of at least 4 members (excludes halogenated alkanes) is 1. The fourth-order valence-corrected chi connectivity index (χ4v) is 1.90. The number of nitrogens with zero attached hydrogens (tertiary/aromatic N) is 3. The topological polar surface area (TPSA) is 29.0 Å². The van der Waals surface area contributed by atoms with Gasteiger partial charge in [0.15, 0.2) is 0 Å². The normalized spacial score (nSPS) is 11.6. The molecule has 0 aliphatic rings. The molecule has 0 amide bonds. The van der Waals surface area contributed by atoms with Crippen LogP contribution in [-0.2, 0) is 6.42 Å². The maximum Gasteiger partial charge on any atom is 0.132 e. The van der Waals surface area contributed by atoms with Gasteiger partial charge in [0.25, 0.3) is 0 Å². The third-order valence-corrected chi connectivity index (χ3v) is 3.24. The Hall–Kier alpha value is -1.12. The summed E-state index contributed by atoms with van der Waals surface area (Å²) >= 11 is 0. The van der Waals surface area contributed by atoms with Crippen LogP contribution in [0.4, 0.5) is 5.82 Å². The third kappa shape index (κ3) is 6.04. The van der Waals surface area contributed by atoms with Crippen LogP contribution in [0.5, 0.6) is 0 Å². The summed E-state index contributed by atoms with van der Waals surface area (Å²) in [5, 5.41) is 0. The summed E-state index contributed by atoms with van der Waals surface area (Å²) in [5.74, 6) is 2.03. The summed E-state index contributed by atoms with van der Waals surface area (Å²) in [6.45, 7) is 13.4. The Morgan fingerprint density at radius 2 is 1.89 bits per heavy atom. The van der Waals surface area contributed by atoms with Crippen molar-refractivity contribution < 1.29 is 0 Å². The highest BCUT2D eigenvalue weighted by Gasteiger charge is 2.14. The standard InChI is InChI=1S/C16H29N3/c1-6-8-12-19(13-10-16(3,4)5)15-9-11-17-14(7-2)18-15/h9,11H,6-8,10,12-13H2,1-5H3. The van der Waals surface area contributed by atoms with E-state index in [4.69, 9.17) is 0 Å². The molecule has 0 spiro atoms. The Morgan fingerprint density at radius 1 is 1.16 bits per heavy atom. The van der Waals surface area contributed by atoms with Gasteiger partial charge in [-0.25, -0.2) is 9.97 Å². The highest BCUT2D eigenvalue weighted by Crippen LogP contribution is 2.21. The molecule has 0 aliphatic heterocycles. The highest BCUT2D eigenvalue weighted by molar-refractivity contribution is 5.37. The quantitative estimate of drug-likeness (QED) is 0.742. The molecule has 0 unspecified atom stereocenters. The van der Waals surface area contributed by atoms with Gasteiger partial charge in [0.1, 0.15) is 11.6 Å². The zero-order valence-corrected chi connectivity index (χ0v) is 13.2. The minimum atomic E-state index is 0.366. The average molecular weight is 263 g/mol. The first-order valence-electron chi connectivity index (χ1n) is 7.53. The molecule has 0 saturated heterocycles. The largest absolute Gasteiger partial charge is 0.356 e. The molecule has 0 aliphatic carbocycles. The molecule has 1 rings (SSSR count). The van der Waals surface area contributed by atoms with Gasteiger partial charge in [-0.2, -0.15) is 0 Å². The predicted octanol–water partition coefficient (Wildman–Crippen LogP) is 4.08. The number of rotatable bonds is 7. The summed E-state index contributed by atoms with van der Waals surface area (Å²) < 4.78 is 0. The van der Waals surface area contributed by atoms with Crippen molar-refractivity contribution in [3.63, 3.8) is 0 Å². The summed E-state index contributed by atoms with van der Waals surface area (Å²) in [6.07, 6.45) is 6.40. The van der Waals surface area contributed by atoms with Crippen molar-refractivity contribution in [2.24, 2.45) is 5.41 Å². The first kappa shape index (κ1) is 15.9. The van der Waals surface area contributed by atoms with Crippen molar-refractivity contribution in [1.82, 2.24) is 9.97 Å². The Kier molecular flexibility index (Phi) is 6.26. The second kappa shape index (κ2) is 7.46. The molecule has 0 radical (unpaired) electrons. The zero-order valence-electron chi connectivity index (χ0n) is 13.2. The van der Waals surface area contributed by atoms with Crippen LogP contribution in [0.25, 0.3) is 0 Å². The fraction of sp³-hybridized carbons (Fsp3) is 0.750. The molecule has 3 heteroatoms. The van der Waals surface area contributed by atoms with Gasteiger partial charge in [0, 0.05) is 25.7 Å². The van der Waals surface area contributed by atoms with Gasteiger partial charge in [-0.15, -0.1) is 0 Å². The first-order valence-corrected chi connectivity index (χ1v) is 7.53. The molecule has 1 heterocycles. The Balaban J connectivity index is 2.76. The van der Waals surface area contributed by atoms with Crippen LogP contribution in [0.1, 0.15) is 59.7 Å². The molecule has 19 heavy (non-hydrogen) atoms. The predicted molar refractivity (Wildman–Crippen MR) is 82.6 cm³/mol. The van der Waals surface area contributed by atoms with E-state index in [2.05, 4.69) is 49.5 Å². The van der Waals surface area contributed by atoms with Gasteiger partial charge in [0.2, 0.25) is 0 Å². The first-order chi connectivity index (χ1) is 8.96. The van der Waals surface area contributed by atoms with Gasteiger partial charge in [-0.05, 0) is 24.3 Å².